The van der Waals surface area contributed by atoms with Gasteiger partial charge in [-0.25, -0.2) is 8.42 Å². The van der Waals surface area contributed by atoms with Gasteiger partial charge in [-0.2, -0.15) is 4.31 Å². The van der Waals surface area contributed by atoms with Crippen LogP contribution in [0.5, 0.6) is 0 Å². The molecule has 1 unspecified atom stereocenters. The van der Waals surface area contributed by atoms with Crippen molar-refractivity contribution in [2.45, 2.75) is 44.8 Å². The van der Waals surface area contributed by atoms with Crippen LogP contribution in [0.1, 0.15) is 30.4 Å². The van der Waals surface area contributed by atoms with E-state index in [2.05, 4.69) is 0 Å². The molecule has 0 amide bonds. The van der Waals surface area contributed by atoms with Crippen LogP contribution in [0.15, 0.2) is 9.31 Å². The van der Waals surface area contributed by atoms with Gasteiger partial charge in [0.25, 0.3) is 0 Å². The van der Waals surface area contributed by atoms with Gasteiger partial charge in [-0.3, -0.25) is 0 Å². The maximum absolute atomic E-state index is 12.8. The first-order chi connectivity index (χ1) is 9.41. The highest BCUT2D eigenvalue weighted by Crippen LogP contribution is 2.30. The molecule has 1 fully saturated rings. The molecule has 1 atom stereocenters. The van der Waals surface area contributed by atoms with Crippen LogP contribution in [0.3, 0.4) is 0 Å². The van der Waals surface area contributed by atoms with Crippen molar-refractivity contribution in [3.63, 3.8) is 0 Å². The fourth-order valence-corrected chi connectivity index (χ4v) is 4.38. The molecule has 1 aliphatic heterocycles. The van der Waals surface area contributed by atoms with E-state index in [0.717, 1.165) is 6.42 Å². The van der Waals surface area contributed by atoms with Gasteiger partial charge < -0.3 is 14.3 Å². The highest BCUT2D eigenvalue weighted by molar-refractivity contribution is 7.89. The second-order valence-electron chi connectivity index (χ2n) is 4.94. The molecule has 1 N–H and O–H groups in total. The largest absolute Gasteiger partial charge is 0.465 e. The number of furan rings is 1. The van der Waals surface area contributed by atoms with E-state index in [1.54, 1.807) is 13.8 Å². The molecular formula is C13H21NO5S. The molecule has 1 saturated heterocycles. The summed E-state index contributed by atoms with van der Waals surface area (Å²) in [5.74, 6) is 0.773. The molecule has 114 valence electrons. The Balaban J connectivity index is 2.40. The first kappa shape index (κ1) is 15.5. The van der Waals surface area contributed by atoms with E-state index in [-0.39, 0.29) is 17.6 Å². The van der Waals surface area contributed by atoms with E-state index in [4.69, 9.17) is 9.15 Å². The lowest BCUT2D eigenvalue weighted by Crippen LogP contribution is -2.45. The minimum Gasteiger partial charge on any atom is -0.465 e. The molecule has 0 aromatic carbocycles. The molecule has 0 bridgehead atoms. The number of sulfonamides is 1. The van der Waals surface area contributed by atoms with E-state index in [0.29, 0.717) is 36.8 Å². The molecule has 1 aromatic rings. The molecule has 0 radical (unpaired) electrons. The van der Waals surface area contributed by atoms with E-state index in [1.807, 2.05) is 6.92 Å². The Morgan fingerprint density at radius 3 is 2.65 bits per heavy atom. The molecule has 1 aromatic heterocycles. The van der Waals surface area contributed by atoms with Gasteiger partial charge in [-0.1, -0.05) is 6.92 Å². The fourth-order valence-electron chi connectivity index (χ4n) is 2.52. The van der Waals surface area contributed by atoms with Crippen LogP contribution in [0.4, 0.5) is 0 Å². The number of aryl methyl sites for hydroxylation is 2. The molecule has 20 heavy (non-hydrogen) atoms. The third kappa shape index (κ3) is 2.63. The Morgan fingerprint density at radius 2 is 2.05 bits per heavy atom. The van der Waals surface area contributed by atoms with Crippen molar-refractivity contribution >= 4 is 10.0 Å². The number of nitrogens with zero attached hydrogens (tertiary/aromatic N) is 1. The minimum atomic E-state index is -3.66. The van der Waals surface area contributed by atoms with E-state index >= 15 is 0 Å². The summed E-state index contributed by atoms with van der Waals surface area (Å²) in [5, 5.41) is 9.40. The monoisotopic (exact) mass is 303 g/mol. The van der Waals surface area contributed by atoms with Gasteiger partial charge in [-0.15, -0.1) is 0 Å². The van der Waals surface area contributed by atoms with Crippen LogP contribution in [-0.4, -0.2) is 43.6 Å². The van der Waals surface area contributed by atoms with Crippen molar-refractivity contribution in [2.24, 2.45) is 0 Å². The summed E-state index contributed by atoms with van der Waals surface area (Å²) in [6.45, 7) is 5.94. The molecule has 0 saturated carbocycles. The molecule has 1 aliphatic rings. The topological polar surface area (TPSA) is 80.0 Å². The SMILES string of the molecule is CCC1CN(S(=O)(=O)c2c(C)oc(C)c2CO)CCO1. The smallest absolute Gasteiger partial charge is 0.247 e. The number of hydrogen-bond donors (Lipinski definition) is 1. The van der Waals surface area contributed by atoms with Gasteiger partial charge in [0, 0.05) is 18.7 Å². The third-order valence-corrected chi connectivity index (χ3v) is 5.70. The van der Waals surface area contributed by atoms with Crippen molar-refractivity contribution in [1.82, 2.24) is 4.31 Å². The number of hydrogen-bond acceptors (Lipinski definition) is 5. The van der Waals surface area contributed by atoms with Crippen LogP contribution in [0, 0.1) is 13.8 Å². The zero-order valence-corrected chi connectivity index (χ0v) is 12.9. The fraction of sp³-hybridized carbons (Fsp3) is 0.692. The number of ether oxygens (including phenoxy) is 1. The summed E-state index contributed by atoms with van der Waals surface area (Å²) >= 11 is 0. The molecule has 7 heteroatoms. The maximum atomic E-state index is 12.8. The molecule has 2 rings (SSSR count). The zero-order chi connectivity index (χ0) is 14.9. The lowest BCUT2D eigenvalue weighted by Gasteiger charge is -2.31. The van der Waals surface area contributed by atoms with E-state index in [1.165, 1.54) is 4.31 Å². The number of rotatable bonds is 4. The first-order valence-electron chi connectivity index (χ1n) is 6.73. The minimum absolute atomic E-state index is 0.0793. The zero-order valence-electron chi connectivity index (χ0n) is 12.0. The number of aliphatic hydroxyl groups excluding tert-OH is 1. The Kier molecular flexibility index (Phi) is 4.53. The molecule has 0 spiro atoms. The van der Waals surface area contributed by atoms with Gasteiger partial charge in [0.1, 0.15) is 16.4 Å². The van der Waals surface area contributed by atoms with Crippen molar-refractivity contribution < 1.29 is 22.7 Å². The summed E-state index contributed by atoms with van der Waals surface area (Å²) < 4.78 is 37.8. The summed E-state index contributed by atoms with van der Waals surface area (Å²) in [6.07, 6.45) is 0.687. The van der Waals surface area contributed by atoms with Crippen molar-refractivity contribution in [1.29, 1.82) is 0 Å². The lowest BCUT2D eigenvalue weighted by atomic mass is 10.2. The van der Waals surface area contributed by atoms with E-state index < -0.39 is 10.0 Å². The normalized spacial score (nSPS) is 21.3. The first-order valence-corrected chi connectivity index (χ1v) is 8.17. The predicted octanol–water partition coefficient (Wildman–Crippen LogP) is 1.19. The van der Waals surface area contributed by atoms with Crippen LogP contribution in [0.2, 0.25) is 0 Å². The standard InChI is InChI=1S/C13H21NO5S/c1-4-11-7-14(5-6-18-11)20(16,17)13-10(3)19-9(2)12(13)8-15/h11,15H,4-8H2,1-3H3. The van der Waals surface area contributed by atoms with Crippen LogP contribution in [-0.2, 0) is 21.4 Å². The van der Waals surface area contributed by atoms with Crippen LogP contribution < -0.4 is 0 Å². The van der Waals surface area contributed by atoms with Crippen LogP contribution >= 0.6 is 0 Å². The van der Waals surface area contributed by atoms with Crippen molar-refractivity contribution in [3.8, 4) is 0 Å². The summed E-state index contributed by atoms with van der Waals surface area (Å²) in [4.78, 5) is 0.106. The van der Waals surface area contributed by atoms with Crippen molar-refractivity contribution in [2.75, 3.05) is 19.7 Å². The average Bonchev–Trinajstić information content (AvgIpc) is 2.73. The average molecular weight is 303 g/mol. The lowest BCUT2D eigenvalue weighted by molar-refractivity contribution is -0.00282. The molecule has 0 aliphatic carbocycles. The Morgan fingerprint density at radius 1 is 1.35 bits per heavy atom. The van der Waals surface area contributed by atoms with Gasteiger partial charge in [0.05, 0.1) is 19.3 Å². The Labute approximate surface area is 119 Å². The van der Waals surface area contributed by atoms with Gasteiger partial charge in [-0.05, 0) is 20.3 Å². The highest BCUT2D eigenvalue weighted by Gasteiger charge is 2.35. The third-order valence-electron chi connectivity index (χ3n) is 3.64. The van der Waals surface area contributed by atoms with Crippen LogP contribution in [0.25, 0.3) is 0 Å². The maximum Gasteiger partial charge on any atom is 0.247 e. The second-order valence-corrected chi connectivity index (χ2v) is 6.82. The van der Waals surface area contributed by atoms with Gasteiger partial charge in [0.15, 0.2) is 0 Å². The van der Waals surface area contributed by atoms with Gasteiger partial charge >= 0.3 is 0 Å². The Bertz CT molecular complexity index is 578. The molecule has 2 heterocycles. The number of morpholine rings is 1. The Hall–Kier alpha value is -0.890. The predicted molar refractivity (Wildman–Crippen MR) is 72.9 cm³/mol. The quantitative estimate of drug-likeness (QED) is 0.903. The van der Waals surface area contributed by atoms with E-state index in [9.17, 15) is 13.5 Å². The molecule has 6 nitrogen and oxygen atoms in total. The highest BCUT2D eigenvalue weighted by atomic mass is 32.2. The molecular weight excluding hydrogens is 282 g/mol. The summed E-state index contributed by atoms with van der Waals surface area (Å²) in [7, 11) is -3.66. The van der Waals surface area contributed by atoms with Crippen molar-refractivity contribution in [3.05, 3.63) is 17.1 Å². The second kappa shape index (κ2) is 5.85. The number of aliphatic hydroxyl groups is 1. The summed E-state index contributed by atoms with van der Waals surface area (Å²) in [6, 6.07) is 0. The van der Waals surface area contributed by atoms with Gasteiger partial charge in [0.2, 0.25) is 10.0 Å². The summed E-state index contributed by atoms with van der Waals surface area (Å²) in [5.41, 5.74) is 0.349.